The number of carbonyl (C=O) groups is 1. The lowest BCUT2D eigenvalue weighted by Crippen LogP contribution is -2.41. The highest BCUT2D eigenvalue weighted by Crippen LogP contribution is 2.33. The summed E-state index contributed by atoms with van der Waals surface area (Å²) >= 11 is 0. The van der Waals surface area contributed by atoms with Crippen LogP contribution in [0.25, 0.3) is 0 Å². The van der Waals surface area contributed by atoms with Crippen molar-refractivity contribution >= 4 is 17.5 Å². The molecule has 1 fully saturated rings. The number of hydrogen-bond donors (Lipinski definition) is 1. The fourth-order valence-electron chi connectivity index (χ4n) is 4.42. The number of hydrogen-bond acceptors (Lipinski definition) is 8. The first-order valence-electron chi connectivity index (χ1n) is 12.3. The lowest BCUT2D eigenvalue weighted by molar-refractivity contribution is 0.0383. The maximum Gasteiger partial charge on any atom is 0.258 e. The average molecular weight is 490 g/mol. The number of fused-ring (bicyclic) bond motifs is 1. The number of benzene rings is 2. The number of anilines is 2. The molecule has 1 N–H and O–H groups in total. The van der Waals surface area contributed by atoms with Crippen LogP contribution in [0.15, 0.2) is 54.7 Å². The van der Waals surface area contributed by atoms with Gasteiger partial charge in [0.25, 0.3) is 5.91 Å². The molecule has 188 valence electrons. The van der Waals surface area contributed by atoms with Crippen LogP contribution in [0.3, 0.4) is 0 Å². The highest BCUT2D eigenvalue weighted by Gasteiger charge is 2.25. The zero-order valence-corrected chi connectivity index (χ0v) is 20.5. The zero-order chi connectivity index (χ0) is 24.7. The van der Waals surface area contributed by atoms with E-state index >= 15 is 0 Å². The topological polar surface area (TPSA) is 89.1 Å². The van der Waals surface area contributed by atoms with Crippen molar-refractivity contribution in [2.24, 2.45) is 0 Å². The molecule has 0 aliphatic carbocycles. The van der Waals surface area contributed by atoms with Crippen LogP contribution >= 0.6 is 0 Å². The molecular formula is C27H31N5O4. The maximum absolute atomic E-state index is 13.1. The Morgan fingerprint density at radius 1 is 1.08 bits per heavy atom. The summed E-state index contributed by atoms with van der Waals surface area (Å²) in [6, 6.07) is 15.8. The summed E-state index contributed by atoms with van der Waals surface area (Å²) in [7, 11) is 1.63. The molecule has 0 saturated carbocycles. The molecular weight excluding hydrogens is 458 g/mol. The number of rotatable bonds is 9. The van der Waals surface area contributed by atoms with Crippen molar-refractivity contribution in [3.05, 3.63) is 71.4 Å². The van der Waals surface area contributed by atoms with Gasteiger partial charge in [-0.15, -0.1) is 0 Å². The van der Waals surface area contributed by atoms with Crippen molar-refractivity contribution in [2.75, 3.05) is 57.9 Å². The minimum absolute atomic E-state index is 0.249. The van der Waals surface area contributed by atoms with Gasteiger partial charge >= 0.3 is 0 Å². The number of methoxy groups -OCH3 is 1. The number of nitrogens with zero attached hydrogens (tertiary/aromatic N) is 4. The molecule has 2 aromatic carbocycles. The normalized spacial score (nSPS) is 15.4. The summed E-state index contributed by atoms with van der Waals surface area (Å²) in [4.78, 5) is 26.7. The molecule has 0 unspecified atom stereocenters. The Kier molecular flexibility index (Phi) is 7.58. The van der Waals surface area contributed by atoms with Crippen molar-refractivity contribution in [3.63, 3.8) is 0 Å². The Morgan fingerprint density at radius 2 is 1.89 bits per heavy atom. The Bertz CT molecular complexity index is 1180. The third-order valence-electron chi connectivity index (χ3n) is 6.47. The van der Waals surface area contributed by atoms with E-state index in [0.29, 0.717) is 18.1 Å². The molecule has 0 radical (unpaired) electrons. The predicted octanol–water partition coefficient (Wildman–Crippen LogP) is 2.82. The number of ether oxygens (including phenoxy) is 3. The highest BCUT2D eigenvalue weighted by molar-refractivity contribution is 5.96. The maximum atomic E-state index is 13.1. The fraction of sp³-hybridized carbons (Fsp3) is 0.370. The van der Waals surface area contributed by atoms with E-state index in [4.69, 9.17) is 19.2 Å². The van der Waals surface area contributed by atoms with Gasteiger partial charge in [0, 0.05) is 44.6 Å². The van der Waals surface area contributed by atoms with Crippen LogP contribution in [0.5, 0.6) is 11.6 Å². The van der Waals surface area contributed by atoms with Gasteiger partial charge in [0.1, 0.15) is 17.9 Å². The standard InChI is InChI=1S/C27H31N5O4/c1-34-22-8-6-20(7-9-22)19-36-26-23(25(33)28-11-13-31-14-16-35-17-15-31)18-29-27(30-26)32-12-10-21-4-2-3-5-24(21)32/h2-9,18H,10-17,19H2,1H3,(H,28,33). The SMILES string of the molecule is COc1ccc(COc2nc(N3CCc4ccccc43)ncc2C(=O)NCCN2CCOCC2)cc1. The van der Waals surface area contributed by atoms with Gasteiger partial charge in [-0.25, -0.2) is 4.98 Å². The fourth-order valence-corrected chi connectivity index (χ4v) is 4.42. The Hall–Kier alpha value is -3.69. The van der Waals surface area contributed by atoms with Gasteiger partial charge < -0.3 is 24.4 Å². The van der Waals surface area contributed by atoms with E-state index in [2.05, 4.69) is 32.2 Å². The van der Waals surface area contributed by atoms with E-state index in [1.165, 1.54) is 5.56 Å². The van der Waals surface area contributed by atoms with Crippen LogP contribution in [0.4, 0.5) is 11.6 Å². The molecule has 1 aromatic heterocycles. The molecule has 2 aliphatic rings. The molecule has 9 nitrogen and oxygen atoms in total. The van der Waals surface area contributed by atoms with Gasteiger partial charge in [-0.2, -0.15) is 4.98 Å². The van der Waals surface area contributed by atoms with Crippen LogP contribution in [-0.4, -0.2) is 73.8 Å². The highest BCUT2D eigenvalue weighted by atomic mass is 16.5. The van der Waals surface area contributed by atoms with E-state index in [-0.39, 0.29) is 18.4 Å². The smallest absolute Gasteiger partial charge is 0.258 e. The molecule has 5 rings (SSSR count). The number of morpholine rings is 1. The number of aromatic nitrogens is 2. The molecule has 1 amide bonds. The van der Waals surface area contributed by atoms with Crippen LogP contribution in [-0.2, 0) is 17.8 Å². The summed E-state index contributed by atoms with van der Waals surface area (Å²) in [5, 5.41) is 2.99. The average Bonchev–Trinajstić information content (AvgIpc) is 3.37. The van der Waals surface area contributed by atoms with Crippen molar-refractivity contribution in [2.45, 2.75) is 13.0 Å². The van der Waals surface area contributed by atoms with Crippen LogP contribution in [0, 0.1) is 0 Å². The molecule has 2 aliphatic heterocycles. The summed E-state index contributed by atoms with van der Waals surface area (Å²) in [5.41, 5.74) is 3.61. The molecule has 3 heterocycles. The van der Waals surface area contributed by atoms with Crippen molar-refractivity contribution in [3.8, 4) is 11.6 Å². The van der Waals surface area contributed by atoms with Crippen molar-refractivity contribution in [1.29, 1.82) is 0 Å². The molecule has 36 heavy (non-hydrogen) atoms. The third-order valence-corrected chi connectivity index (χ3v) is 6.47. The summed E-state index contributed by atoms with van der Waals surface area (Å²) in [6.07, 6.45) is 2.49. The number of nitrogens with one attached hydrogen (secondary N) is 1. The largest absolute Gasteiger partial charge is 0.497 e. The van der Waals surface area contributed by atoms with E-state index in [1.807, 2.05) is 36.4 Å². The molecule has 0 atom stereocenters. The first-order valence-corrected chi connectivity index (χ1v) is 12.3. The van der Waals surface area contributed by atoms with E-state index in [1.54, 1.807) is 13.3 Å². The molecule has 3 aromatic rings. The molecule has 1 saturated heterocycles. The quantitative estimate of drug-likeness (QED) is 0.491. The van der Waals surface area contributed by atoms with Crippen molar-refractivity contribution in [1.82, 2.24) is 20.2 Å². The van der Waals surface area contributed by atoms with Gasteiger partial charge in [0.15, 0.2) is 0 Å². The van der Waals surface area contributed by atoms with Crippen LogP contribution < -0.4 is 19.7 Å². The monoisotopic (exact) mass is 489 g/mol. The molecule has 0 spiro atoms. The van der Waals surface area contributed by atoms with Gasteiger partial charge in [-0.05, 0) is 35.7 Å². The summed E-state index contributed by atoms with van der Waals surface area (Å²) in [6.45, 7) is 5.55. The first kappa shape index (κ1) is 24.0. The summed E-state index contributed by atoms with van der Waals surface area (Å²) < 4.78 is 16.7. The van der Waals surface area contributed by atoms with Gasteiger partial charge in [0.05, 0.1) is 20.3 Å². The lowest BCUT2D eigenvalue weighted by atomic mass is 10.2. The second-order valence-corrected chi connectivity index (χ2v) is 8.77. The van der Waals surface area contributed by atoms with Crippen LogP contribution in [0.2, 0.25) is 0 Å². The summed E-state index contributed by atoms with van der Waals surface area (Å²) in [5.74, 6) is 1.32. The molecule has 9 heteroatoms. The first-order chi connectivity index (χ1) is 17.7. The lowest BCUT2D eigenvalue weighted by Gasteiger charge is -2.26. The Morgan fingerprint density at radius 3 is 2.69 bits per heavy atom. The number of amides is 1. The third kappa shape index (κ3) is 5.58. The second-order valence-electron chi connectivity index (χ2n) is 8.77. The Labute approximate surface area is 211 Å². The minimum atomic E-state index is -0.249. The minimum Gasteiger partial charge on any atom is -0.497 e. The second kappa shape index (κ2) is 11.4. The number of carbonyl (C=O) groups excluding carboxylic acids is 1. The van der Waals surface area contributed by atoms with Gasteiger partial charge in [-0.1, -0.05) is 30.3 Å². The van der Waals surface area contributed by atoms with E-state index in [9.17, 15) is 4.79 Å². The van der Waals surface area contributed by atoms with E-state index < -0.39 is 0 Å². The van der Waals surface area contributed by atoms with E-state index in [0.717, 1.165) is 62.8 Å². The molecule has 0 bridgehead atoms. The predicted molar refractivity (Wildman–Crippen MR) is 136 cm³/mol. The Balaban J connectivity index is 1.33. The van der Waals surface area contributed by atoms with Gasteiger partial charge in [0.2, 0.25) is 11.8 Å². The zero-order valence-electron chi connectivity index (χ0n) is 20.5. The van der Waals surface area contributed by atoms with Gasteiger partial charge in [-0.3, -0.25) is 9.69 Å². The van der Waals surface area contributed by atoms with Crippen molar-refractivity contribution < 1.29 is 19.0 Å². The number of para-hydroxylation sites is 1. The van der Waals surface area contributed by atoms with Crippen LogP contribution in [0.1, 0.15) is 21.5 Å².